The zero-order valence-electron chi connectivity index (χ0n) is 12.3. The summed E-state index contributed by atoms with van der Waals surface area (Å²) in [5, 5.41) is 15.8. The first-order valence-electron chi connectivity index (χ1n) is 6.70. The van der Waals surface area contributed by atoms with E-state index in [1.54, 1.807) is 11.3 Å². The lowest BCUT2D eigenvalue weighted by atomic mass is 10.0. The molecular weight excluding hydrogens is 270 g/mol. The zero-order valence-corrected chi connectivity index (χ0v) is 13.2. The molecule has 2 aromatic heterocycles. The van der Waals surface area contributed by atoms with Gasteiger partial charge in [0.25, 0.3) is 0 Å². The Labute approximate surface area is 123 Å². The lowest BCUT2D eigenvalue weighted by molar-refractivity contribution is 0.0580. The largest absolute Gasteiger partial charge is 0.383 e. The van der Waals surface area contributed by atoms with Gasteiger partial charge in [-0.25, -0.2) is 9.97 Å². The van der Waals surface area contributed by atoms with Crippen molar-refractivity contribution >= 4 is 11.3 Å². The quantitative estimate of drug-likeness (QED) is 0.889. The maximum absolute atomic E-state index is 10.5. The first-order valence-corrected chi connectivity index (χ1v) is 7.58. The molecule has 2 atom stereocenters. The van der Waals surface area contributed by atoms with Gasteiger partial charge >= 0.3 is 0 Å². The molecule has 0 aromatic carbocycles. The van der Waals surface area contributed by atoms with Crippen LogP contribution in [-0.4, -0.2) is 21.6 Å². The van der Waals surface area contributed by atoms with Crippen molar-refractivity contribution in [2.24, 2.45) is 0 Å². The highest BCUT2D eigenvalue weighted by Gasteiger charge is 2.25. The van der Waals surface area contributed by atoms with Gasteiger partial charge in [0.15, 0.2) is 0 Å². The second-order valence-electron chi connectivity index (χ2n) is 5.31. The van der Waals surface area contributed by atoms with E-state index >= 15 is 0 Å². The van der Waals surface area contributed by atoms with Crippen molar-refractivity contribution in [3.05, 3.63) is 45.7 Å². The molecule has 0 aliphatic carbocycles. The summed E-state index contributed by atoms with van der Waals surface area (Å²) in [6.07, 6.45) is 1.86. The molecule has 0 fully saturated rings. The van der Waals surface area contributed by atoms with E-state index in [4.69, 9.17) is 0 Å². The lowest BCUT2D eigenvalue weighted by Crippen LogP contribution is -2.36. The summed E-state index contributed by atoms with van der Waals surface area (Å²) in [5.74, 6) is 0.782. The van der Waals surface area contributed by atoms with E-state index in [1.807, 2.05) is 44.5 Å². The molecule has 0 aliphatic heterocycles. The number of rotatable bonds is 5. The Hall–Kier alpha value is -1.30. The molecule has 4 nitrogen and oxygen atoms in total. The van der Waals surface area contributed by atoms with Gasteiger partial charge in [-0.3, -0.25) is 0 Å². The van der Waals surface area contributed by atoms with Crippen LogP contribution in [0.4, 0.5) is 0 Å². The molecule has 20 heavy (non-hydrogen) atoms. The Bertz CT molecular complexity index is 567. The molecule has 2 rings (SSSR count). The van der Waals surface area contributed by atoms with Crippen LogP contribution in [0.25, 0.3) is 0 Å². The Balaban J connectivity index is 2.03. The zero-order chi connectivity index (χ0) is 14.8. The smallest absolute Gasteiger partial charge is 0.125 e. The fraction of sp³-hybridized carbons (Fsp3) is 0.467. The molecule has 0 saturated carbocycles. The fourth-order valence-electron chi connectivity index (χ4n) is 2.15. The van der Waals surface area contributed by atoms with E-state index in [2.05, 4.69) is 22.2 Å². The number of hydrogen-bond donors (Lipinski definition) is 2. The Morgan fingerprint density at radius 2 is 2.20 bits per heavy atom. The molecular formula is C15H21N3OS. The normalized spacial score (nSPS) is 15.8. The number of aryl methyl sites for hydroxylation is 2. The molecule has 2 unspecified atom stereocenters. The summed E-state index contributed by atoms with van der Waals surface area (Å²) in [5.41, 5.74) is 1.19. The van der Waals surface area contributed by atoms with E-state index in [9.17, 15) is 5.11 Å². The average Bonchev–Trinajstić information content (AvgIpc) is 2.90. The topological polar surface area (TPSA) is 58.0 Å². The number of nitrogens with zero attached hydrogens (tertiary/aromatic N) is 2. The summed E-state index contributed by atoms with van der Waals surface area (Å²) in [6.45, 7) is 8.25. The number of aromatic nitrogens is 2. The van der Waals surface area contributed by atoms with Crippen LogP contribution in [0.3, 0.4) is 0 Å². The maximum atomic E-state index is 10.5. The highest BCUT2D eigenvalue weighted by Crippen LogP contribution is 2.25. The summed E-state index contributed by atoms with van der Waals surface area (Å²) in [4.78, 5) is 9.59. The minimum Gasteiger partial charge on any atom is -0.383 e. The number of thiophene rings is 1. The van der Waals surface area contributed by atoms with E-state index < -0.39 is 5.60 Å². The van der Waals surface area contributed by atoms with Gasteiger partial charge in [0.1, 0.15) is 11.4 Å². The van der Waals surface area contributed by atoms with E-state index in [0.29, 0.717) is 6.54 Å². The van der Waals surface area contributed by atoms with Gasteiger partial charge in [0.2, 0.25) is 0 Å². The minimum atomic E-state index is -0.859. The van der Waals surface area contributed by atoms with Crippen LogP contribution in [0.1, 0.15) is 41.8 Å². The summed E-state index contributed by atoms with van der Waals surface area (Å²) < 4.78 is 0. The van der Waals surface area contributed by atoms with Gasteiger partial charge in [0, 0.05) is 34.9 Å². The van der Waals surface area contributed by atoms with Crippen LogP contribution in [0.2, 0.25) is 0 Å². The monoisotopic (exact) mass is 291 g/mol. The molecule has 0 bridgehead atoms. The van der Waals surface area contributed by atoms with Crippen LogP contribution in [-0.2, 0) is 5.60 Å². The Kier molecular flexibility index (Phi) is 4.52. The van der Waals surface area contributed by atoms with Gasteiger partial charge < -0.3 is 10.4 Å². The van der Waals surface area contributed by atoms with E-state index in [-0.39, 0.29) is 6.04 Å². The predicted octanol–water partition coefficient (Wildman–Crippen LogP) is 2.71. The van der Waals surface area contributed by atoms with Crippen molar-refractivity contribution in [2.45, 2.75) is 39.3 Å². The second kappa shape index (κ2) is 5.99. The van der Waals surface area contributed by atoms with Gasteiger partial charge in [-0.1, -0.05) is 6.07 Å². The lowest BCUT2D eigenvalue weighted by Gasteiger charge is -2.25. The Morgan fingerprint density at radius 1 is 1.45 bits per heavy atom. The minimum absolute atomic E-state index is 0.0991. The summed E-state index contributed by atoms with van der Waals surface area (Å²) >= 11 is 1.57. The van der Waals surface area contributed by atoms with Crippen molar-refractivity contribution in [3.63, 3.8) is 0 Å². The molecule has 108 valence electrons. The van der Waals surface area contributed by atoms with Crippen LogP contribution >= 0.6 is 11.3 Å². The van der Waals surface area contributed by atoms with Gasteiger partial charge in [0.05, 0.1) is 0 Å². The van der Waals surface area contributed by atoms with Crippen molar-refractivity contribution < 1.29 is 5.11 Å². The van der Waals surface area contributed by atoms with Crippen molar-refractivity contribution in [3.8, 4) is 0 Å². The van der Waals surface area contributed by atoms with Gasteiger partial charge in [-0.15, -0.1) is 11.3 Å². The predicted molar refractivity (Wildman–Crippen MR) is 81.8 cm³/mol. The average molecular weight is 291 g/mol. The molecule has 2 heterocycles. The molecule has 0 radical (unpaired) electrons. The van der Waals surface area contributed by atoms with E-state index in [1.165, 1.54) is 0 Å². The standard InChI is InChI=1S/C15H21N3OS/c1-10(13-8-16-12(3)18-11(13)2)17-9-15(4,19)14-6-5-7-20-14/h5-8,10,17,19H,9H2,1-4H3. The number of hydrogen-bond acceptors (Lipinski definition) is 5. The summed E-state index contributed by atoms with van der Waals surface area (Å²) in [6, 6.07) is 4.01. The third kappa shape index (κ3) is 3.42. The molecule has 5 heteroatoms. The molecule has 0 aliphatic rings. The molecule has 0 saturated heterocycles. The molecule has 2 aromatic rings. The third-order valence-corrected chi connectivity index (χ3v) is 4.53. The first-order chi connectivity index (χ1) is 9.40. The highest BCUT2D eigenvalue weighted by atomic mass is 32.1. The number of nitrogens with one attached hydrogen (secondary N) is 1. The van der Waals surface area contributed by atoms with Crippen LogP contribution in [0.15, 0.2) is 23.7 Å². The molecule has 2 N–H and O–H groups in total. The van der Waals surface area contributed by atoms with Crippen LogP contribution < -0.4 is 5.32 Å². The fourth-order valence-corrected chi connectivity index (χ4v) is 2.94. The van der Waals surface area contributed by atoms with Crippen LogP contribution in [0.5, 0.6) is 0 Å². The number of aliphatic hydroxyl groups is 1. The summed E-state index contributed by atoms with van der Waals surface area (Å²) in [7, 11) is 0. The molecule has 0 spiro atoms. The maximum Gasteiger partial charge on any atom is 0.125 e. The van der Waals surface area contributed by atoms with E-state index in [0.717, 1.165) is 22.0 Å². The first kappa shape index (κ1) is 15.1. The SMILES string of the molecule is Cc1ncc(C(C)NCC(C)(O)c2cccs2)c(C)n1. The van der Waals surface area contributed by atoms with Crippen molar-refractivity contribution in [1.82, 2.24) is 15.3 Å². The third-order valence-electron chi connectivity index (χ3n) is 3.41. The van der Waals surface area contributed by atoms with Gasteiger partial charge in [-0.2, -0.15) is 0 Å². The van der Waals surface area contributed by atoms with Crippen molar-refractivity contribution in [1.29, 1.82) is 0 Å². The second-order valence-corrected chi connectivity index (χ2v) is 6.26. The molecule has 0 amide bonds. The van der Waals surface area contributed by atoms with Gasteiger partial charge in [-0.05, 0) is 39.1 Å². The van der Waals surface area contributed by atoms with Crippen LogP contribution in [0, 0.1) is 13.8 Å². The van der Waals surface area contributed by atoms with Crippen molar-refractivity contribution in [2.75, 3.05) is 6.54 Å². The highest BCUT2D eigenvalue weighted by molar-refractivity contribution is 7.10. The Morgan fingerprint density at radius 3 is 2.80 bits per heavy atom.